The second-order valence-electron chi connectivity index (χ2n) is 7.76. The number of aryl methyl sites for hydroxylation is 1. The van der Waals surface area contributed by atoms with Gasteiger partial charge >= 0.3 is 0 Å². The van der Waals surface area contributed by atoms with Crippen LogP contribution in [0.15, 0.2) is 78.3 Å². The molecule has 0 spiro atoms. The van der Waals surface area contributed by atoms with Crippen LogP contribution in [0.25, 0.3) is 27.5 Å². The number of fused-ring (bicyclic) bond motifs is 1. The largest absolute Gasteiger partial charge is 0.484 e. The van der Waals surface area contributed by atoms with E-state index in [1.54, 1.807) is 30.6 Å². The second kappa shape index (κ2) is 9.29. The molecule has 0 saturated heterocycles. The van der Waals surface area contributed by atoms with Gasteiger partial charge < -0.3 is 4.74 Å². The van der Waals surface area contributed by atoms with Crippen LogP contribution < -0.4 is 9.64 Å². The summed E-state index contributed by atoms with van der Waals surface area (Å²) in [6.45, 7) is 1.99. The molecule has 170 valence electrons. The van der Waals surface area contributed by atoms with E-state index in [9.17, 15) is 4.79 Å². The van der Waals surface area contributed by atoms with Crippen LogP contribution in [-0.4, -0.2) is 33.9 Å². The zero-order valence-corrected chi connectivity index (χ0v) is 20.2. The number of halogens is 1. The maximum Gasteiger partial charge on any atom is 0.265 e. The summed E-state index contributed by atoms with van der Waals surface area (Å²) in [6, 6.07) is 20.9. The van der Waals surface area contributed by atoms with Crippen molar-refractivity contribution in [1.82, 2.24) is 14.4 Å². The zero-order chi connectivity index (χ0) is 23.7. The summed E-state index contributed by atoms with van der Waals surface area (Å²) in [6.07, 6.45) is 1.65. The Balaban J connectivity index is 1.40. The van der Waals surface area contributed by atoms with Crippen molar-refractivity contribution in [3.05, 3.63) is 89.0 Å². The van der Waals surface area contributed by atoms with Crippen molar-refractivity contribution in [3.63, 3.8) is 0 Å². The third-order valence-electron chi connectivity index (χ3n) is 5.51. The zero-order valence-electron chi connectivity index (χ0n) is 18.6. The number of anilines is 1. The van der Waals surface area contributed by atoms with E-state index in [0.29, 0.717) is 16.6 Å². The number of likely N-dealkylation sites (N-methyl/N-ethyl adjacent to an activating group) is 1. The Kier molecular flexibility index (Phi) is 6.04. The monoisotopic (exact) mass is 488 g/mol. The predicted molar refractivity (Wildman–Crippen MR) is 137 cm³/mol. The number of thiazole rings is 1. The quantitative estimate of drug-likeness (QED) is 0.288. The number of amides is 1. The highest BCUT2D eigenvalue weighted by Gasteiger charge is 2.19. The van der Waals surface area contributed by atoms with Gasteiger partial charge in [0, 0.05) is 40.5 Å². The Labute approximate surface area is 206 Å². The molecular formula is C26H21ClN4O2S. The number of pyridine rings is 1. The SMILES string of the molecule is Cc1csc2nc(-c3ccc(Cl)cc3)c(-c3ccc(OCC(=O)N(C)c4ccccn4)cc3)n12. The smallest absolute Gasteiger partial charge is 0.265 e. The van der Waals surface area contributed by atoms with Crippen LogP contribution >= 0.6 is 22.9 Å². The van der Waals surface area contributed by atoms with E-state index in [4.69, 9.17) is 21.3 Å². The van der Waals surface area contributed by atoms with Crippen LogP contribution in [0.2, 0.25) is 5.02 Å². The van der Waals surface area contributed by atoms with Crippen molar-refractivity contribution < 1.29 is 9.53 Å². The molecule has 8 heteroatoms. The summed E-state index contributed by atoms with van der Waals surface area (Å²) in [5, 5.41) is 2.78. The van der Waals surface area contributed by atoms with E-state index in [-0.39, 0.29) is 12.5 Å². The molecule has 3 heterocycles. The van der Waals surface area contributed by atoms with Crippen molar-refractivity contribution in [2.75, 3.05) is 18.6 Å². The number of nitrogens with zero attached hydrogens (tertiary/aromatic N) is 4. The number of hydrogen-bond acceptors (Lipinski definition) is 5. The molecule has 0 fully saturated rings. The van der Waals surface area contributed by atoms with Gasteiger partial charge in [0.15, 0.2) is 11.6 Å². The van der Waals surface area contributed by atoms with Crippen LogP contribution in [0.5, 0.6) is 5.75 Å². The van der Waals surface area contributed by atoms with Crippen molar-refractivity contribution in [2.45, 2.75) is 6.92 Å². The minimum absolute atomic E-state index is 0.0803. The van der Waals surface area contributed by atoms with E-state index in [0.717, 1.165) is 33.2 Å². The molecule has 3 aromatic heterocycles. The van der Waals surface area contributed by atoms with Crippen LogP contribution in [0.3, 0.4) is 0 Å². The molecule has 34 heavy (non-hydrogen) atoms. The van der Waals surface area contributed by atoms with E-state index >= 15 is 0 Å². The highest BCUT2D eigenvalue weighted by atomic mass is 35.5. The molecule has 1 amide bonds. The Morgan fingerprint density at radius 1 is 1.06 bits per heavy atom. The summed E-state index contributed by atoms with van der Waals surface area (Å²) < 4.78 is 7.92. The van der Waals surface area contributed by atoms with Crippen molar-refractivity contribution >= 4 is 39.6 Å². The van der Waals surface area contributed by atoms with Crippen LogP contribution in [-0.2, 0) is 4.79 Å². The third-order valence-corrected chi connectivity index (χ3v) is 6.70. The summed E-state index contributed by atoms with van der Waals surface area (Å²) in [7, 11) is 1.68. The Morgan fingerprint density at radius 3 is 2.50 bits per heavy atom. The molecule has 0 bridgehead atoms. The molecule has 0 aliphatic heterocycles. The fraction of sp³-hybridized carbons (Fsp3) is 0.115. The third kappa shape index (κ3) is 4.27. The van der Waals surface area contributed by atoms with E-state index in [2.05, 4.69) is 21.7 Å². The van der Waals surface area contributed by atoms with Gasteiger partial charge in [0.25, 0.3) is 5.91 Å². The van der Waals surface area contributed by atoms with Gasteiger partial charge in [-0.05, 0) is 55.5 Å². The Bertz CT molecular complexity index is 1440. The topological polar surface area (TPSA) is 59.7 Å². The normalized spacial score (nSPS) is 11.0. The molecule has 6 nitrogen and oxygen atoms in total. The average molecular weight is 489 g/mol. The lowest BCUT2D eigenvalue weighted by atomic mass is 10.0. The lowest BCUT2D eigenvalue weighted by molar-refractivity contribution is -0.120. The number of imidazole rings is 1. The van der Waals surface area contributed by atoms with Crippen LogP contribution in [0.4, 0.5) is 5.82 Å². The maximum atomic E-state index is 12.5. The lowest BCUT2D eigenvalue weighted by Gasteiger charge is -2.16. The molecule has 0 aliphatic rings. The predicted octanol–water partition coefficient (Wildman–Crippen LogP) is 6.13. The first-order chi connectivity index (χ1) is 16.5. The number of carbonyl (C=O) groups is 1. The van der Waals surface area contributed by atoms with Crippen molar-refractivity contribution in [1.29, 1.82) is 0 Å². The standard InChI is InChI=1S/C26H21ClN4O2S/c1-17-16-34-26-29-24(18-6-10-20(27)11-7-18)25(31(17)26)19-8-12-21(13-9-19)33-15-23(32)30(2)22-5-3-4-14-28-22/h3-14,16H,15H2,1-2H3. The minimum Gasteiger partial charge on any atom is -0.484 e. The summed E-state index contributed by atoms with van der Waals surface area (Å²) in [5.74, 6) is 1.01. The fourth-order valence-corrected chi connectivity index (χ4v) is 4.69. The van der Waals surface area contributed by atoms with Gasteiger partial charge in [-0.25, -0.2) is 9.97 Å². The molecule has 0 unspecified atom stereocenters. The van der Waals surface area contributed by atoms with Gasteiger partial charge in [-0.2, -0.15) is 0 Å². The molecule has 0 radical (unpaired) electrons. The molecule has 0 aliphatic carbocycles. The number of hydrogen-bond donors (Lipinski definition) is 0. The number of rotatable bonds is 6. The Morgan fingerprint density at radius 2 is 1.79 bits per heavy atom. The first-order valence-electron chi connectivity index (χ1n) is 10.6. The molecule has 5 aromatic rings. The first-order valence-corrected chi connectivity index (χ1v) is 11.9. The maximum absolute atomic E-state index is 12.5. The van der Waals surface area contributed by atoms with Crippen LogP contribution in [0, 0.1) is 6.92 Å². The van der Waals surface area contributed by atoms with Gasteiger partial charge in [0.05, 0.1) is 11.4 Å². The van der Waals surface area contributed by atoms with Gasteiger partial charge in [0.1, 0.15) is 11.6 Å². The molecule has 5 rings (SSSR count). The summed E-state index contributed by atoms with van der Waals surface area (Å²) >= 11 is 7.71. The van der Waals surface area contributed by atoms with Crippen molar-refractivity contribution in [2.24, 2.45) is 0 Å². The second-order valence-corrected chi connectivity index (χ2v) is 9.04. The summed E-state index contributed by atoms with van der Waals surface area (Å²) in [4.78, 5) is 24.0. The molecular weight excluding hydrogens is 468 g/mol. The number of aromatic nitrogens is 3. The molecule has 0 N–H and O–H groups in total. The number of ether oxygens (including phenoxy) is 1. The van der Waals surface area contributed by atoms with Gasteiger partial charge in [-0.15, -0.1) is 11.3 Å². The van der Waals surface area contributed by atoms with Crippen molar-refractivity contribution in [3.8, 4) is 28.3 Å². The molecule has 0 atom stereocenters. The lowest BCUT2D eigenvalue weighted by Crippen LogP contribution is -2.31. The summed E-state index contributed by atoms with van der Waals surface area (Å²) in [5.41, 5.74) is 5.02. The van der Waals surface area contributed by atoms with Crippen LogP contribution in [0.1, 0.15) is 5.69 Å². The molecule has 2 aromatic carbocycles. The van der Waals surface area contributed by atoms with E-state index in [1.807, 2.05) is 60.7 Å². The van der Waals surface area contributed by atoms with E-state index in [1.165, 1.54) is 4.90 Å². The van der Waals surface area contributed by atoms with Gasteiger partial charge in [0.2, 0.25) is 0 Å². The first kappa shape index (κ1) is 22.1. The van der Waals surface area contributed by atoms with Gasteiger partial charge in [-0.3, -0.25) is 14.1 Å². The number of benzene rings is 2. The van der Waals surface area contributed by atoms with E-state index < -0.39 is 0 Å². The highest BCUT2D eigenvalue weighted by Crippen LogP contribution is 2.36. The fourth-order valence-electron chi connectivity index (χ4n) is 3.70. The Hall–Kier alpha value is -3.68. The average Bonchev–Trinajstić information content (AvgIpc) is 3.43. The molecule has 0 saturated carbocycles. The number of carbonyl (C=O) groups excluding carboxylic acids is 1. The van der Waals surface area contributed by atoms with Gasteiger partial charge in [-0.1, -0.05) is 29.8 Å². The minimum atomic E-state index is -0.181. The highest BCUT2D eigenvalue weighted by molar-refractivity contribution is 7.15.